The van der Waals surface area contributed by atoms with Gasteiger partial charge in [-0.2, -0.15) is 5.10 Å². The summed E-state index contributed by atoms with van der Waals surface area (Å²) in [6, 6.07) is 19.0. The second-order valence-electron chi connectivity index (χ2n) is 7.77. The Balaban J connectivity index is 1.52. The van der Waals surface area contributed by atoms with Crippen molar-refractivity contribution < 1.29 is 23.8 Å². The quantitative estimate of drug-likeness (QED) is 0.171. The second kappa shape index (κ2) is 12.6. The topological polar surface area (TPSA) is 86.2 Å². The molecule has 1 N–H and O–H groups in total. The molecule has 0 spiro atoms. The van der Waals surface area contributed by atoms with Crippen LogP contribution in [0.3, 0.4) is 0 Å². The molecule has 0 aliphatic carbocycles. The molecule has 3 rings (SSSR count). The summed E-state index contributed by atoms with van der Waals surface area (Å²) in [6.45, 7) is 4.14. The summed E-state index contributed by atoms with van der Waals surface area (Å²) < 4.78 is 16.3. The van der Waals surface area contributed by atoms with E-state index in [4.69, 9.17) is 25.8 Å². The highest BCUT2D eigenvalue weighted by atomic mass is 35.5. The number of rotatable bonds is 10. The number of benzene rings is 3. The van der Waals surface area contributed by atoms with Crippen molar-refractivity contribution in [3.63, 3.8) is 0 Å². The molecule has 0 radical (unpaired) electrons. The van der Waals surface area contributed by atoms with Crippen LogP contribution < -0.4 is 19.6 Å². The fourth-order valence-electron chi connectivity index (χ4n) is 3.08. The molecule has 0 fully saturated rings. The van der Waals surface area contributed by atoms with E-state index in [9.17, 15) is 9.59 Å². The molecule has 0 bridgehead atoms. The van der Waals surface area contributed by atoms with Gasteiger partial charge in [0, 0.05) is 5.02 Å². The van der Waals surface area contributed by atoms with Crippen LogP contribution in [-0.4, -0.2) is 31.8 Å². The molecule has 182 valence electrons. The summed E-state index contributed by atoms with van der Waals surface area (Å²) in [5.74, 6) is 0.749. The van der Waals surface area contributed by atoms with E-state index in [1.54, 1.807) is 42.5 Å². The summed E-state index contributed by atoms with van der Waals surface area (Å²) in [7, 11) is 1.46. The molecule has 0 saturated carbocycles. The van der Waals surface area contributed by atoms with Crippen LogP contribution in [0.15, 0.2) is 71.8 Å². The molecule has 0 saturated heterocycles. The predicted octanol–water partition coefficient (Wildman–Crippen LogP) is 5.61. The molecule has 1 amide bonds. The Bertz CT molecular complexity index is 1180. The van der Waals surface area contributed by atoms with Crippen LogP contribution in [0.1, 0.15) is 47.7 Å². The van der Waals surface area contributed by atoms with Crippen LogP contribution in [0.4, 0.5) is 0 Å². The Labute approximate surface area is 209 Å². The van der Waals surface area contributed by atoms with Gasteiger partial charge in [-0.15, -0.1) is 0 Å². The number of carbonyl (C=O) groups is 2. The summed E-state index contributed by atoms with van der Waals surface area (Å²) in [4.78, 5) is 24.4. The maximum Gasteiger partial charge on any atom is 0.343 e. The average Bonchev–Trinajstić information content (AvgIpc) is 2.88. The lowest BCUT2D eigenvalue weighted by molar-refractivity contribution is -0.123. The van der Waals surface area contributed by atoms with Crippen molar-refractivity contribution in [2.24, 2.45) is 5.10 Å². The maximum atomic E-state index is 12.3. The fraction of sp³-hybridized carbons (Fsp3) is 0.222. The number of carbonyl (C=O) groups excluding carboxylic acids is 2. The van der Waals surface area contributed by atoms with Gasteiger partial charge in [0.05, 0.1) is 18.9 Å². The Morgan fingerprint density at radius 1 is 1.03 bits per heavy atom. The lowest BCUT2D eigenvalue weighted by Gasteiger charge is -2.10. The highest BCUT2D eigenvalue weighted by molar-refractivity contribution is 6.30. The number of halogens is 1. The van der Waals surface area contributed by atoms with Crippen molar-refractivity contribution >= 4 is 29.7 Å². The van der Waals surface area contributed by atoms with Gasteiger partial charge in [0.1, 0.15) is 5.75 Å². The number of amides is 1. The summed E-state index contributed by atoms with van der Waals surface area (Å²) in [5.41, 5.74) is 4.64. The highest BCUT2D eigenvalue weighted by Crippen LogP contribution is 2.28. The van der Waals surface area contributed by atoms with Crippen molar-refractivity contribution in [3.8, 4) is 17.2 Å². The van der Waals surface area contributed by atoms with Crippen LogP contribution in [0.5, 0.6) is 17.2 Å². The SMILES string of the molecule is CC[C@H](C)c1ccc(OCC(=O)N/N=C/c2ccc(OC(=O)c3ccc(Cl)cc3)c(OC)c2)cc1. The van der Waals surface area contributed by atoms with Gasteiger partial charge in [-0.1, -0.05) is 37.6 Å². The fourth-order valence-corrected chi connectivity index (χ4v) is 3.21. The molecule has 3 aromatic carbocycles. The number of hydrogen-bond donors (Lipinski definition) is 1. The molecule has 0 unspecified atom stereocenters. The van der Waals surface area contributed by atoms with Gasteiger partial charge in [-0.05, 0) is 78.1 Å². The van der Waals surface area contributed by atoms with E-state index in [2.05, 4.69) is 24.4 Å². The molecule has 35 heavy (non-hydrogen) atoms. The van der Waals surface area contributed by atoms with E-state index < -0.39 is 11.9 Å². The number of methoxy groups -OCH3 is 1. The van der Waals surface area contributed by atoms with Crippen LogP contribution in [0.2, 0.25) is 5.02 Å². The average molecular weight is 495 g/mol. The monoisotopic (exact) mass is 494 g/mol. The van der Waals surface area contributed by atoms with Crippen LogP contribution in [0.25, 0.3) is 0 Å². The molecular formula is C27H27ClN2O5. The smallest absolute Gasteiger partial charge is 0.343 e. The molecule has 3 aromatic rings. The lowest BCUT2D eigenvalue weighted by Crippen LogP contribution is -2.24. The van der Waals surface area contributed by atoms with Crippen molar-refractivity contribution in [2.45, 2.75) is 26.2 Å². The van der Waals surface area contributed by atoms with E-state index in [0.717, 1.165) is 6.42 Å². The van der Waals surface area contributed by atoms with E-state index in [-0.39, 0.29) is 12.4 Å². The first-order valence-corrected chi connectivity index (χ1v) is 11.5. The minimum absolute atomic E-state index is 0.164. The van der Waals surface area contributed by atoms with Gasteiger partial charge in [0.2, 0.25) is 0 Å². The number of esters is 1. The first-order valence-electron chi connectivity index (χ1n) is 11.1. The van der Waals surface area contributed by atoms with Crippen LogP contribution in [-0.2, 0) is 4.79 Å². The molecular weight excluding hydrogens is 468 g/mol. The lowest BCUT2D eigenvalue weighted by atomic mass is 9.99. The number of ether oxygens (including phenoxy) is 3. The first-order chi connectivity index (χ1) is 16.9. The van der Waals surface area contributed by atoms with E-state index in [1.165, 1.54) is 18.9 Å². The van der Waals surface area contributed by atoms with Crippen LogP contribution >= 0.6 is 11.6 Å². The Morgan fingerprint density at radius 2 is 1.74 bits per heavy atom. The van der Waals surface area contributed by atoms with Gasteiger partial charge in [0.15, 0.2) is 18.1 Å². The molecule has 7 nitrogen and oxygen atoms in total. The number of hydrogen-bond acceptors (Lipinski definition) is 6. The molecule has 0 aliphatic heterocycles. The predicted molar refractivity (Wildman–Crippen MR) is 136 cm³/mol. The Kier molecular flexibility index (Phi) is 9.26. The molecule has 8 heteroatoms. The van der Waals surface area contributed by atoms with E-state index in [0.29, 0.717) is 33.6 Å². The number of nitrogens with one attached hydrogen (secondary N) is 1. The van der Waals surface area contributed by atoms with Gasteiger partial charge in [-0.3, -0.25) is 4.79 Å². The maximum absolute atomic E-state index is 12.3. The zero-order valence-electron chi connectivity index (χ0n) is 19.8. The largest absolute Gasteiger partial charge is 0.493 e. The Morgan fingerprint density at radius 3 is 2.40 bits per heavy atom. The minimum Gasteiger partial charge on any atom is -0.493 e. The first kappa shape index (κ1) is 25.8. The molecule has 1 atom stereocenters. The van der Waals surface area contributed by atoms with Gasteiger partial charge in [-0.25, -0.2) is 10.2 Å². The van der Waals surface area contributed by atoms with Crippen molar-refractivity contribution in [1.82, 2.24) is 5.43 Å². The number of hydrazone groups is 1. The summed E-state index contributed by atoms with van der Waals surface area (Å²) in [5, 5.41) is 4.47. The normalized spacial score (nSPS) is 11.7. The summed E-state index contributed by atoms with van der Waals surface area (Å²) >= 11 is 5.85. The zero-order chi connectivity index (χ0) is 25.2. The summed E-state index contributed by atoms with van der Waals surface area (Å²) in [6.07, 6.45) is 2.51. The van der Waals surface area contributed by atoms with Crippen molar-refractivity contribution in [3.05, 3.63) is 88.4 Å². The van der Waals surface area contributed by atoms with E-state index in [1.807, 2.05) is 24.3 Å². The van der Waals surface area contributed by atoms with Gasteiger partial charge >= 0.3 is 5.97 Å². The van der Waals surface area contributed by atoms with E-state index >= 15 is 0 Å². The Hall–Kier alpha value is -3.84. The minimum atomic E-state index is -0.539. The molecule has 0 heterocycles. The van der Waals surface area contributed by atoms with Crippen molar-refractivity contribution in [2.75, 3.05) is 13.7 Å². The highest BCUT2D eigenvalue weighted by Gasteiger charge is 2.13. The van der Waals surface area contributed by atoms with Gasteiger partial charge < -0.3 is 14.2 Å². The molecule has 0 aliphatic rings. The standard InChI is InChI=1S/C27H27ClN2O5/c1-4-18(2)20-8-12-23(13-9-20)34-17-26(31)30-29-16-19-5-14-24(25(15-19)33-3)35-27(32)21-6-10-22(28)11-7-21/h5-16,18H,4,17H2,1-3H3,(H,30,31)/b29-16+/t18-/m0/s1. The third-order valence-electron chi connectivity index (χ3n) is 5.30. The van der Waals surface area contributed by atoms with Crippen LogP contribution in [0, 0.1) is 0 Å². The number of nitrogens with zero attached hydrogens (tertiary/aromatic N) is 1. The second-order valence-corrected chi connectivity index (χ2v) is 8.20. The molecule has 0 aromatic heterocycles. The van der Waals surface area contributed by atoms with Gasteiger partial charge in [0.25, 0.3) is 5.91 Å². The third kappa shape index (κ3) is 7.58. The van der Waals surface area contributed by atoms with Crippen molar-refractivity contribution in [1.29, 1.82) is 0 Å². The third-order valence-corrected chi connectivity index (χ3v) is 5.56. The zero-order valence-corrected chi connectivity index (χ0v) is 20.5.